The van der Waals surface area contributed by atoms with E-state index in [2.05, 4.69) is 50.0 Å². The van der Waals surface area contributed by atoms with Gasteiger partial charge < -0.3 is 5.32 Å². The second-order valence-electron chi connectivity index (χ2n) is 3.78. The van der Waals surface area contributed by atoms with Crippen LogP contribution in [-0.2, 0) is 0 Å². The Labute approximate surface area is 86.8 Å². The Morgan fingerprint density at radius 3 is 2.43 bits per heavy atom. The lowest BCUT2D eigenvalue weighted by Crippen LogP contribution is -1.99. The van der Waals surface area contributed by atoms with E-state index in [1.165, 1.54) is 11.3 Å². The first-order valence-electron chi connectivity index (χ1n) is 5.18. The predicted octanol–water partition coefficient (Wildman–Crippen LogP) is 3.80. The summed E-state index contributed by atoms with van der Waals surface area (Å²) in [6, 6.07) is 8.64. The molecule has 1 aromatic carbocycles. The first-order valence-corrected chi connectivity index (χ1v) is 5.18. The summed E-state index contributed by atoms with van der Waals surface area (Å²) >= 11 is 0. The summed E-state index contributed by atoms with van der Waals surface area (Å²) in [5, 5.41) is 3.34. The van der Waals surface area contributed by atoms with Gasteiger partial charge in [0.1, 0.15) is 0 Å². The van der Waals surface area contributed by atoms with Gasteiger partial charge in [-0.15, -0.1) is 6.58 Å². The van der Waals surface area contributed by atoms with Crippen LogP contribution >= 0.6 is 0 Å². The fourth-order valence-electron chi connectivity index (χ4n) is 1.30. The molecule has 76 valence electrons. The number of nitrogens with one attached hydrogen (secondary N) is 1. The molecule has 1 aromatic rings. The van der Waals surface area contributed by atoms with Gasteiger partial charge in [-0.05, 0) is 30.0 Å². The summed E-state index contributed by atoms with van der Waals surface area (Å²) < 4.78 is 0. The van der Waals surface area contributed by atoms with E-state index in [0.29, 0.717) is 5.92 Å². The number of rotatable bonds is 5. The first-order chi connectivity index (χ1) is 6.74. The molecule has 0 aliphatic heterocycles. The van der Waals surface area contributed by atoms with Crippen molar-refractivity contribution in [2.75, 3.05) is 11.9 Å². The van der Waals surface area contributed by atoms with Crippen LogP contribution in [0.25, 0.3) is 0 Å². The van der Waals surface area contributed by atoms with Crippen LogP contribution in [0.3, 0.4) is 0 Å². The zero-order valence-electron chi connectivity index (χ0n) is 9.09. The molecule has 0 saturated carbocycles. The van der Waals surface area contributed by atoms with Gasteiger partial charge in [0.25, 0.3) is 0 Å². The minimum absolute atomic E-state index is 0.609. The van der Waals surface area contributed by atoms with Crippen molar-refractivity contribution in [3.8, 4) is 0 Å². The molecular formula is C13H19N. The van der Waals surface area contributed by atoms with Crippen LogP contribution in [0, 0.1) is 0 Å². The van der Waals surface area contributed by atoms with Crippen molar-refractivity contribution >= 4 is 5.69 Å². The minimum atomic E-state index is 0.609. The van der Waals surface area contributed by atoms with Gasteiger partial charge in [-0.25, -0.2) is 0 Å². The molecule has 0 bridgehead atoms. The molecule has 0 fully saturated rings. The van der Waals surface area contributed by atoms with Gasteiger partial charge in [0, 0.05) is 12.2 Å². The van der Waals surface area contributed by atoms with Gasteiger partial charge in [0.05, 0.1) is 0 Å². The van der Waals surface area contributed by atoms with E-state index in [9.17, 15) is 0 Å². The number of benzene rings is 1. The summed E-state index contributed by atoms with van der Waals surface area (Å²) in [6.45, 7) is 9.07. The molecule has 0 aliphatic rings. The Bertz CT molecular complexity index is 272. The monoisotopic (exact) mass is 189 g/mol. The van der Waals surface area contributed by atoms with Crippen LogP contribution in [0.4, 0.5) is 5.69 Å². The highest BCUT2D eigenvalue weighted by Crippen LogP contribution is 2.16. The van der Waals surface area contributed by atoms with Crippen LogP contribution in [0.15, 0.2) is 36.9 Å². The predicted molar refractivity (Wildman–Crippen MR) is 63.8 cm³/mol. The molecule has 1 nitrogen and oxygen atoms in total. The minimum Gasteiger partial charge on any atom is -0.385 e. The Kier molecular flexibility index (Phi) is 4.24. The van der Waals surface area contributed by atoms with E-state index >= 15 is 0 Å². The first kappa shape index (κ1) is 10.8. The molecule has 0 unspecified atom stereocenters. The van der Waals surface area contributed by atoms with Gasteiger partial charge in [-0.2, -0.15) is 0 Å². The maximum absolute atomic E-state index is 3.69. The molecule has 0 aromatic heterocycles. The molecule has 1 rings (SSSR count). The molecule has 0 radical (unpaired) electrons. The van der Waals surface area contributed by atoms with Gasteiger partial charge in [0.2, 0.25) is 0 Å². The summed E-state index contributed by atoms with van der Waals surface area (Å²) in [7, 11) is 0. The average molecular weight is 189 g/mol. The third-order valence-electron chi connectivity index (χ3n) is 2.25. The van der Waals surface area contributed by atoms with Crippen LogP contribution in [0.2, 0.25) is 0 Å². The van der Waals surface area contributed by atoms with Crippen LogP contribution in [0.1, 0.15) is 31.7 Å². The standard InChI is InChI=1S/C13H19N/c1-4-5-10-14-13-8-6-12(7-9-13)11(2)3/h4,6-9,11,14H,1,5,10H2,2-3H3. The van der Waals surface area contributed by atoms with E-state index in [-0.39, 0.29) is 0 Å². The molecule has 0 heterocycles. The van der Waals surface area contributed by atoms with Crippen molar-refractivity contribution < 1.29 is 0 Å². The van der Waals surface area contributed by atoms with E-state index in [0.717, 1.165) is 13.0 Å². The highest BCUT2D eigenvalue weighted by Gasteiger charge is 1.97. The highest BCUT2D eigenvalue weighted by molar-refractivity contribution is 5.45. The van der Waals surface area contributed by atoms with Gasteiger partial charge >= 0.3 is 0 Å². The van der Waals surface area contributed by atoms with Crippen LogP contribution < -0.4 is 5.32 Å². The van der Waals surface area contributed by atoms with Crippen molar-refractivity contribution in [2.45, 2.75) is 26.2 Å². The van der Waals surface area contributed by atoms with E-state index < -0.39 is 0 Å². The third kappa shape index (κ3) is 3.25. The summed E-state index contributed by atoms with van der Waals surface area (Å²) in [5.41, 5.74) is 2.58. The molecule has 0 spiro atoms. The molecule has 0 amide bonds. The van der Waals surface area contributed by atoms with E-state index in [4.69, 9.17) is 0 Å². The molecule has 0 atom stereocenters. The third-order valence-corrected chi connectivity index (χ3v) is 2.25. The molecular weight excluding hydrogens is 170 g/mol. The number of hydrogen-bond donors (Lipinski definition) is 1. The Morgan fingerprint density at radius 2 is 1.93 bits per heavy atom. The second-order valence-corrected chi connectivity index (χ2v) is 3.78. The lowest BCUT2D eigenvalue weighted by atomic mass is 10.0. The largest absolute Gasteiger partial charge is 0.385 e. The van der Waals surface area contributed by atoms with Gasteiger partial charge in [-0.1, -0.05) is 32.1 Å². The number of hydrogen-bond acceptors (Lipinski definition) is 1. The van der Waals surface area contributed by atoms with Crippen molar-refractivity contribution in [1.82, 2.24) is 0 Å². The molecule has 0 saturated heterocycles. The second kappa shape index (κ2) is 5.48. The maximum atomic E-state index is 3.69. The fraction of sp³-hybridized carbons (Fsp3) is 0.385. The quantitative estimate of drug-likeness (QED) is 0.549. The van der Waals surface area contributed by atoms with Crippen LogP contribution in [0.5, 0.6) is 0 Å². The SMILES string of the molecule is C=CCCNc1ccc(C(C)C)cc1. The lowest BCUT2D eigenvalue weighted by molar-refractivity contribution is 0.866. The smallest absolute Gasteiger partial charge is 0.0340 e. The average Bonchev–Trinajstić information content (AvgIpc) is 2.19. The van der Waals surface area contributed by atoms with E-state index in [1.807, 2.05) is 6.08 Å². The van der Waals surface area contributed by atoms with Crippen molar-refractivity contribution in [2.24, 2.45) is 0 Å². The molecule has 1 heteroatoms. The zero-order valence-corrected chi connectivity index (χ0v) is 9.09. The molecule has 1 N–H and O–H groups in total. The van der Waals surface area contributed by atoms with Gasteiger partial charge in [-0.3, -0.25) is 0 Å². The van der Waals surface area contributed by atoms with Crippen molar-refractivity contribution in [3.63, 3.8) is 0 Å². The summed E-state index contributed by atoms with van der Waals surface area (Å²) in [4.78, 5) is 0. The Balaban J connectivity index is 2.51. The molecule has 0 aliphatic carbocycles. The summed E-state index contributed by atoms with van der Waals surface area (Å²) in [6.07, 6.45) is 2.93. The topological polar surface area (TPSA) is 12.0 Å². The Hall–Kier alpha value is -1.24. The summed E-state index contributed by atoms with van der Waals surface area (Å²) in [5.74, 6) is 0.609. The number of anilines is 1. The highest BCUT2D eigenvalue weighted by atomic mass is 14.9. The van der Waals surface area contributed by atoms with Crippen molar-refractivity contribution in [1.29, 1.82) is 0 Å². The Morgan fingerprint density at radius 1 is 1.29 bits per heavy atom. The fourth-order valence-corrected chi connectivity index (χ4v) is 1.30. The van der Waals surface area contributed by atoms with Crippen molar-refractivity contribution in [3.05, 3.63) is 42.5 Å². The van der Waals surface area contributed by atoms with Gasteiger partial charge in [0.15, 0.2) is 0 Å². The maximum Gasteiger partial charge on any atom is 0.0340 e. The van der Waals surface area contributed by atoms with E-state index in [1.54, 1.807) is 0 Å². The van der Waals surface area contributed by atoms with Crippen LogP contribution in [-0.4, -0.2) is 6.54 Å². The zero-order chi connectivity index (χ0) is 10.4. The molecule has 14 heavy (non-hydrogen) atoms. The normalized spacial score (nSPS) is 10.2. The lowest BCUT2D eigenvalue weighted by Gasteiger charge is -2.08.